The van der Waals surface area contributed by atoms with E-state index >= 15 is 0 Å². The maximum Gasteiger partial charge on any atom is 0.264 e. The first kappa shape index (κ1) is 6.49. The fourth-order valence-electron chi connectivity index (χ4n) is 0.301. The minimum Gasteiger partial charge on any atom is -1.00 e. The van der Waals surface area contributed by atoms with Crippen molar-refractivity contribution in [2.75, 3.05) is 5.84 Å². The van der Waals surface area contributed by atoms with Gasteiger partial charge in [-0.25, -0.2) is 4.98 Å². The number of hydrogen-bond donors (Lipinski definition) is 2. The van der Waals surface area contributed by atoms with Gasteiger partial charge in [-0.1, -0.05) is 0 Å². The maximum atomic E-state index is 5.16. The number of aromatic nitrogens is 2. The number of hydrogen-bond acceptors (Lipinski definition) is 1. The molecule has 0 fully saturated rings. The molecule has 0 aliphatic rings. The Labute approximate surface area is 51.9 Å². The summed E-state index contributed by atoms with van der Waals surface area (Å²) < 4.78 is 1.44. The highest BCUT2D eigenvalue weighted by Crippen LogP contribution is 1.57. The van der Waals surface area contributed by atoms with Gasteiger partial charge in [0.15, 0.2) is 6.20 Å². The lowest BCUT2D eigenvalue weighted by atomic mass is 11.0. The molecule has 0 unspecified atom stereocenters. The standard InChI is InChI=1S/C3H5N3.BrH/c4-6-2-1-5-3-6;/h1-3H,4H2;1H. The fourth-order valence-corrected chi connectivity index (χ4v) is 0.301. The molecule has 0 bridgehead atoms. The first-order valence-electron chi connectivity index (χ1n) is 1.69. The Morgan fingerprint density at radius 2 is 2.29 bits per heavy atom. The van der Waals surface area contributed by atoms with E-state index in [2.05, 4.69) is 4.98 Å². The molecule has 0 saturated carbocycles. The normalized spacial score (nSPS) is 7.43. The second-order valence-corrected chi connectivity index (χ2v) is 1.06. The van der Waals surface area contributed by atoms with Crippen LogP contribution in [0.25, 0.3) is 0 Å². The number of rotatable bonds is 0. The molecule has 1 heterocycles. The van der Waals surface area contributed by atoms with Gasteiger partial charge in [-0.2, -0.15) is 0 Å². The topological polar surface area (TPSA) is 45.7 Å². The van der Waals surface area contributed by atoms with Gasteiger partial charge in [-0.3, -0.25) is 5.84 Å². The summed E-state index contributed by atoms with van der Waals surface area (Å²) in [7, 11) is 0. The van der Waals surface area contributed by atoms with Gasteiger partial charge in [0.05, 0.1) is 0 Å². The zero-order valence-corrected chi connectivity index (χ0v) is 5.22. The third kappa shape index (κ3) is 1.59. The van der Waals surface area contributed by atoms with Crippen LogP contribution >= 0.6 is 0 Å². The Morgan fingerprint density at radius 1 is 1.57 bits per heavy atom. The number of aromatic amines is 1. The summed E-state index contributed by atoms with van der Waals surface area (Å²) >= 11 is 0. The van der Waals surface area contributed by atoms with Gasteiger partial charge in [0.2, 0.25) is 0 Å². The molecule has 0 aromatic carbocycles. The van der Waals surface area contributed by atoms with Crippen LogP contribution in [0.2, 0.25) is 0 Å². The summed E-state index contributed by atoms with van der Waals surface area (Å²) in [5.41, 5.74) is 0. The molecule has 3 nitrogen and oxygen atoms in total. The molecule has 4 heteroatoms. The van der Waals surface area contributed by atoms with Gasteiger partial charge in [0.1, 0.15) is 6.20 Å². The summed E-state index contributed by atoms with van der Waals surface area (Å²) in [6.45, 7) is 0. The Morgan fingerprint density at radius 3 is 2.43 bits per heavy atom. The molecule has 0 saturated heterocycles. The Bertz CT molecular complexity index is 114. The van der Waals surface area contributed by atoms with E-state index in [9.17, 15) is 0 Å². The molecule has 0 aliphatic heterocycles. The molecule has 0 atom stereocenters. The van der Waals surface area contributed by atoms with Crippen molar-refractivity contribution < 1.29 is 21.7 Å². The predicted octanol–water partition coefficient (Wildman–Crippen LogP) is -3.98. The Balaban J connectivity index is 0.000000360. The number of nitrogens with one attached hydrogen (secondary N) is 1. The van der Waals surface area contributed by atoms with Gasteiger partial charge in [-0.15, -0.1) is 4.68 Å². The van der Waals surface area contributed by atoms with E-state index in [0.29, 0.717) is 0 Å². The van der Waals surface area contributed by atoms with Gasteiger partial charge >= 0.3 is 0 Å². The van der Waals surface area contributed by atoms with Crippen molar-refractivity contribution in [1.29, 1.82) is 0 Å². The molecule has 7 heavy (non-hydrogen) atoms. The average Bonchev–Trinajstić information content (AvgIpc) is 1.86. The second-order valence-electron chi connectivity index (χ2n) is 1.06. The molecule has 0 spiro atoms. The van der Waals surface area contributed by atoms with Crippen molar-refractivity contribution in [2.24, 2.45) is 0 Å². The maximum absolute atomic E-state index is 5.16. The highest BCUT2D eigenvalue weighted by atomic mass is 79.9. The number of nitrogens with two attached hydrogens (primary N) is 1. The van der Waals surface area contributed by atoms with Gasteiger partial charge in [0.25, 0.3) is 6.33 Å². The Hall–Kier alpha value is -0.510. The smallest absolute Gasteiger partial charge is 0.264 e. The summed E-state index contributed by atoms with van der Waals surface area (Å²) in [4.78, 5) is 2.77. The number of nitrogens with zero attached hydrogens (tertiary/aromatic N) is 1. The first-order chi connectivity index (χ1) is 2.89. The number of H-pyrrole nitrogens is 1. The summed E-state index contributed by atoms with van der Waals surface area (Å²) in [6.07, 6.45) is 5.12. The molecule has 0 amide bonds. The Kier molecular flexibility index (Phi) is 2.44. The lowest BCUT2D eigenvalue weighted by molar-refractivity contribution is -0.637. The molecular weight excluding hydrogens is 158 g/mol. The van der Waals surface area contributed by atoms with E-state index in [0.717, 1.165) is 0 Å². The van der Waals surface area contributed by atoms with Crippen LogP contribution in [0, 0.1) is 0 Å². The van der Waals surface area contributed by atoms with Crippen molar-refractivity contribution in [2.45, 2.75) is 0 Å². The highest BCUT2D eigenvalue weighted by Gasteiger charge is 1.79. The van der Waals surface area contributed by atoms with E-state index in [1.807, 2.05) is 0 Å². The van der Waals surface area contributed by atoms with Crippen molar-refractivity contribution in [1.82, 2.24) is 4.98 Å². The minimum absolute atomic E-state index is 0. The van der Waals surface area contributed by atoms with E-state index in [4.69, 9.17) is 5.84 Å². The SMILES string of the molecule is N[n+]1cc[nH]c1.[Br-]. The summed E-state index contributed by atoms with van der Waals surface area (Å²) in [5, 5.41) is 0. The summed E-state index contributed by atoms with van der Waals surface area (Å²) in [6, 6.07) is 0. The zero-order valence-electron chi connectivity index (χ0n) is 3.63. The van der Waals surface area contributed by atoms with Crippen LogP contribution in [0.15, 0.2) is 18.7 Å². The molecular formula is C3H6BrN3. The summed E-state index contributed by atoms with van der Waals surface area (Å²) in [5.74, 6) is 5.16. The van der Waals surface area contributed by atoms with Crippen molar-refractivity contribution in [3.05, 3.63) is 18.7 Å². The quantitative estimate of drug-likeness (QED) is 0.298. The van der Waals surface area contributed by atoms with Crippen molar-refractivity contribution in [3.8, 4) is 0 Å². The molecule has 0 radical (unpaired) electrons. The van der Waals surface area contributed by atoms with Gasteiger partial charge in [0, 0.05) is 0 Å². The van der Waals surface area contributed by atoms with Crippen LogP contribution in [-0.2, 0) is 0 Å². The van der Waals surface area contributed by atoms with E-state index in [-0.39, 0.29) is 17.0 Å². The van der Waals surface area contributed by atoms with Crippen LogP contribution < -0.4 is 27.5 Å². The van der Waals surface area contributed by atoms with Crippen LogP contribution in [0.3, 0.4) is 0 Å². The fraction of sp³-hybridized carbons (Fsp3) is 0. The van der Waals surface area contributed by atoms with Crippen LogP contribution in [0.5, 0.6) is 0 Å². The van der Waals surface area contributed by atoms with Crippen LogP contribution in [-0.4, -0.2) is 4.98 Å². The minimum atomic E-state index is 0. The first-order valence-corrected chi connectivity index (χ1v) is 1.69. The average molecular weight is 164 g/mol. The molecule has 40 valence electrons. The number of halogens is 1. The van der Waals surface area contributed by atoms with E-state index in [1.54, 1.807) is 18.7 Å². The lowest BCUT2D eigenvalue weighted by Gasteiger charge is -1.68. The lowest BCUT2D eigenvalue weighted by Crippen LogP contribution is -3.00. The number of nitrogen functional groups attached to an aromatic ring is 1. The largest absolute Gasteiger partial charge is 1.00 e. The van der Waals surface area contributed by atoms with Crippen molar-refractivity contribution in [3.63, 3.8) is 0 Å². The molecule has 1 aromatic rings. The molecule has 1 aromatic heterocycles. The number of imidazole rings is 1. The molecule has 3 N–H and O–H groups in total. The van der Waals surface area contributed by atoms with Crippen molar-refractivity contribution >= 4 is 0 Å². The van der Waals surface area contributed by atoms with E-state index in [1.165, 1.54) is 4.68 Å². The second kappa shape index (κ2) is 2.63. The molecule has 0 aliphatic carbocycles. The third-order valence-electron chi connectivity index (χ3n) is 0.567. The van der Waals surface area contributed by atoms with Crippen LogP contribution in [0.1, 0.15) is 0 Å². The third-order valence-corrected chi connectivity index (χ3v) is 0.567. The van der Waals surface area contributed by atoms with Gasteiger partial charge < -0.3 is 17.0 Å². The van der Waals surface area contributed by atoms with Gasteiger partial charge in [-0.05, 0) is 0 Å². The predicted molar refractivity (Wildman–Crippen MR) is 21.1 cm³/mol. The van der Waals surface area contributed by atoms with E-state index < -0.39 is 0 Å². The highest BCUT2D eigenvalue weighted by molar-refractivity contribution is 4.54. The monoisotopic (exact) mass is 163 g/mol. The zero-order chi connectivity index (χ0) is 4.41. The molecule has 1 rings (SSSR count). The van der Waals surface area contributed by atoms with Crippen LogP contribution in [0.4, 0.5) is 0 Å².